The fourth-order valence-electron chi connectivity index (χ4n) is 1.36. The van der Waals surface area contributed by atoms with Crippen molar-refractivity contribution in [3.8, 4) is 0 Å². The molecule has 0 saturated carbocycles. The molecule has 0 heterocycles. The Balaban J connectivity index is 0.000000720. The van der Waals surface area contributed by atoms with Crippen molar-refractivity contribution in [3.63, 3.8) is 0 Å². The van der Waals surface area contributed by atoms with Gasteiger partial charge >= 0.3 is 0 Å². The highest BCUT2D eigenvalue weighted by Gasteiger charge is 2.12. The normalized spacial score (nSPS) is 11.4. The second-order valence-electron chi connectivity index (χ2n) is 2.82. The van der Waals surface area contributed by atoms with Crippen molar-refractivity contribution in [2.45, 2.75) is 6.42 Å². The SMILES string of the molecule is N.OCCNc1ccc2cc1C2. The van der Waals surface area contributed by atoms with E-state index in [1.807, 2.05) is 0 Å². The number of aliphatic hydroxyl groups excluding tert-OH is 1. The molecule has 0 aliphatic heterocycles. The van der Waals surface area contributed by atoms with E-state index in [0.29, 0.717) is 6.54 Å². The Bertz CT molecular complexity index is 269. The van der Waals surface area contributed by atoms with Gasteiger partial charge in [-0.25, -0.2) is 0 Å². The molecule has 3 rings (SSSR count). The maximum Gasteiger partial charge on any atom is 0.0604 e. The van der Waals surface area contributed by atoms with Gasteiger partial charge in [0.1, 0.15) is 0 Å². The van der Waals surface area contributed by atoms with E-state index < -0.39 is 0 Å². The minimum absolute atomic E-state index is 0. The molecule has 3 nitrogen and oxygen atoms in total. The monoisotopic (exact) mass is 166 g/mol. The summed E-state index contributed by atoms with van der Waals surface area (Å²) in [6.07, 6.45) is 1.10. The summed E-state index contributed by atoms with van der Waals surface area (Å²) in [5.74, 6) is 0. The zero-order chi connectivity index (χ0) is 7.68. The summed E-state index contributed by atoms with van der Waals surface area (Å²) in [4.78, 5) is 0. The number of hydrogen-bond donors (Lipinski definition) is 3. The summed E-state index contributed by atoms with van der Waals surface area (Å²) in [7, 11) is 0. The van der Waals surface area contributed by atoms with E-state index >= 15 is 0 Å². The zero-order valence-electron chi connectivity index (χ0n) is 7.01. The molecular formula is C9H14N2O. The van der Waals surface area contributed by atoms with Gasteiger partial charge in [-0.2, -0.15) is 0 Å². The van der Waals surface area contributed by atoms with Gasteiger partial charge in [0.25, 0.3) is 0 Å². The topological polar surface area (TPSA) is 67.3 Å². The fraction of sp³-hybridized carbons (Fsp3) is 0.333. The van der Waals surface area contributed by atoms with Crippen molar-refractivity contribution in [2.24, 2.45) is 0 Å². The summed E-state index contributed by atoms with van der Waals surface area (Å²) < 4.78 is 0. The highest BCUT2D eigenvalue weighted by Crippen LogP contribution is 2.28. The minimum atomic E-state index is 0. The number of anilines is 1. The molecule has 3 heteroatoms. The number of rotatable bonds is 3. The van der Waals surface area contributed by atoms with Crippen LogP contribution in [0, 0.1) is 0 Å². The zero-order valence-corrected chi connectivity index (χ0v) is 7.01. The van der Waals surface area contributed by atoms with Gasteiger partial charge in [0.2, 0.25) is 0 Å². The number of hydrogen-bond acceptors (Lipinski definition) is 3. The fourth-order valence-corrected chi connectivity index (χ4v) is 1.36. The summed E-state index contributed by atoms with van der Waals surface area (Å²) in [6, 6.07) is 6.37. The molecule has 2 aliphatic carbocycles. The summed E-state index contributed by atoms with van der Waals surface area (Å²) in [5, 5.41) is 11.7. The molecule has 2 aliphatic rings. The quantitative estimate of drug-likeness (QED) is 0.641. The molecule has 0 fully saturated rings. The highest BCUT2D eigenvalue weighted by molar-refractivity contribution is 5.59. The molecular weight excluding hydrogens is 152 g/mol. The van der Waals surface area contributed by atoms with Gasteiger partial charge in [-0.05, 0) is 23.6 Å². The molecule has 66 valence electrons. The van der Waals surface area contributed by atoms with Gasteiger partial charge in [0.05, 0.1) is 6.61 Å². The van der Waals surface area contributed by atoms with Crippen molar-refractivity contribution in [1.82, 2.24) is 6.15 Å². The summed E-state index contributed by atoms with van der Waals surface area (Å²) in [6.45, 7) is 0.841. The first-order valence-electron chi connectivity index (χ1n) is 3.86. The Hall–Kier alpha value is -1.06. The Morgan fingerprint density at radius 3 is 2.67 bits per heavy atom. The van der Waals surface area contributed by atoms with Crippen LogP contribution < -0.4 is 11.5 Å². The molecule has 0 saturated heterocycles. The third-order valence-electron chi connectivity index (χ3n) is 1.99. The maximum atomic E-state index is 8.57. The number of aliphatic hydroxyl groups is 1. The Labute approximate surface area is 72.0 Å². The first-order chi connectivity index (χ1) is 5.40. The van der Waals surface area contributed by atoms with Gasteiger partial charge in [0.15, 0.2) is 0 Å². The molecule has 0 spiro atoms. The Morgan fingerprint density at radius 2 is 2.17 bits per heavy atom. The lowest BCUT2D eigenvalue weighted by Crippen LogP contribution is -2.11. The molecule has 2 bridgehead atoms. The molecule has 0 unspecified atom stereocenters. The third kappa shape index (κ3) is 1.42. The molecule has 0 amide bonds. The molecule has 0 aromatic heterocycles. The third-order valence-corrected chi connectivity index (χ3v) is 1.99. The second-order valence-corrected chi connectivity index (χ2v) is 2.82. The van der Waals surface area contributed by atoms with Crippen LogP contribution in [0.25, 0.3) is 0 Å². The smallest absolute Gasteiger partial charge is 0.0604 e. The number of benzene rings is 1. The Morgan fingerprint density at radius 1 is 1.42 bits per heavy atom. The standard InChI is InChI=1S/C9H11NO.H3N/c11-4-3-10-9-2-1-7-5-8(9)6-7;/h1-2,5,10-11H,3-4,6H2;1H3. The van der Waals surface area contributed by atoms with Gasteiger partial charge in [-0.3, -0.25) is 0 Å². The molecule has 5 N–H and O–H groups in total. The summed E-state index contributed by atoms with van der Waals surface area (Å²) in [5.41, 5.74) is 3.96. The van der Waals surface area contributed by atoms with E-state index in [1.54, 1.807) is 0 Å². The second kappa shape index (κ2) is 3.56. The van der Waals surface area contributed by atoms with Gasteiger partial charge in [-0.15, -0.1) is 0 Å². The molecule has 12 heavy (non-hydrogen) atoms. The van der Waals surface area contributed by atoms with Crippen LogP contribution in [0.4, 0.5) is 5.69 Å². The molecule has 1 aromatic rings. The van der Waals surface area contributed by atoms with E-state index in [1.165, 1.54) is 16.8 Å². The van der Waals surface area contributed by atoms with E-state index in [2.05, 4.69) is 23.5 Å². The van der Waals surface area contributed by atoms with Crippen LogP contribution in [-0.4, -0.2) is 18.3 Å². The van der Waals surface area contributed by atoms with E-state index in [-0.39, 0.29) is 12.8 Å². The van der Waals surface area contributed by atoms with Crippen molar-refractivity contribution in [2.75, 3.05) is 18.5 Å². The van der Waals surface area contributed by atoms with Crippen LogP contribution in [0.2, 0.25) is 0 Å². The highest BCUT2D eigenvalue weighted by atomic mass is 16.3. The van der Waals surface area contributed by atoms with E-state index in [0.717, 1.165) is 6.42 Å². The Kier molecular flexibility index (Phi) is 2.68. The van der Waals surface area contributed by atoms with Crippen LogP contribution in [0.15, 0.2) is 18.2 Å². The number of fused-ring (bicyclic) bond motifs is 2. The predicted molar refractivity (Wildman–Crippen MR) is 49.8 cm³/mol. The van der Waals surface area contributed by atoms with Gasteiger partial charge in [0, 0.05) is 12.2 Å². The van der Waals surface area contributed by atoms with Gasteiger partial charge in [-0.1, -0.05) is 12.1 Å². The van der Waals surface area contributed by atoms with Crippen molar-refractivity contribution < 1.29 is 5.11 Å². The minimum Gasteiger partial charge on any atom is -0.395 e. The molecule has 0 radical (unpaired) electrons. The first kappa shape index (κ1) is 9.03. The lowest BCUT2D eigenvalue weighted by Gasteiger charge is -2.19. The molecule has 1 aromatic carbocycles. The average Bonchev–Trinajstić information content (AvgIpc) is 2.00. The summed E-state index contributed by atoms with van der Waals surface area (Å²) >= 11 is 0. The maximum absolute atomic E-state index is 8.57. The van der Waals surface area contributed by atoms with Crippen LogP contribution in [0.5, 0.6) is 0 Å². The van der Waals surface area contributed by atoms with Crippen molar-refractivity contribution >= 4 is 5.69 Å². The average molecular weight is 166 g/mol. The van der Waals surface area contributed by atoms with Crippen LogP contribution >= 0.6 is 0 Å². The van der Waals surface area contributed by atoms with Gasteiger partial charge < -0.3 is 16.6 Å². The van der Waals surface area contributed by atoms with Crippen molar-refractivity contribution in [1.29, 1.82) is 0 Å². The van der Waals surface area contributed by atoms with Crippen LogP contribution in [0.1, 0.15) is 11.1 Å². The van der Waals surface area contributed by atoms with E-state index in [9.17, 15) is 0 Å². The van der Waals surface area contributed by atoms with Crippen LogP contribution in [0.3, 0.4) is 0 Å². The lowest BCUT2D eigenvalue weighted by molar-refractivity contribution is 0.311. The lowest BCUT2D eigenvalue weighted by atomic mass is 9.91. The number of nitrogens with one attached hydrogen (secondary N) is 1. The van der Waals surface area contributed by atoms with E-state index in [4.69, 9.17) is 5.11 Å². The first-order valence-corrected chi connectivity index (χ1v) is 3.86. The van der Waals surface area contributed by atoms with Crippen LogP contribution in [-0.2, 0) is 6.42 Å². The van der Waals surface area contributed by atoms with Crippen molar-refractivity contribution in [3.05, 3.63) is 29.3 Å². The largest absolute Gasteiger partial charge is 0.395 e. The predicted octanol–water partition coefficient (Wildman–Crippen LogP) is 1.16. The molecule has 0 atom stereocenters.